The molecule has 0 aliphatic carbocycles. The monoisotopic (exact) mass is 249 g/mol. The van der Waals surface area contributed by atoms with Crippen LogP contribution in [0.1, 0.15) is 25.5 Å². The molecule has 1 aromatic rings. The molecule has 0 aromatic carbocycles. The van der Waals surface area contributed by atoms with Crippen molar-refractivity contribution in [1.82, 2.24) is 15.2 Å². The number of nitrogens with one attached hydrogen (secondary N) is 1. The lowest BCUT2D eigenvalue weighted by molar-refractivity contribution is -0.0550. The number of hydrogen-bond acceptors (Lipinski definition) is 4. The van der Waals surface area contributed by atoms with Gasteiger partial charge >= 0.3 is 0 Å². The van der Waals surface area contributed by atoms with E-state index in [4.69, 9.17) is 4.74 Å². The Hall–Kier alpha value is -0.970. The second kappa shape index (κ2) is 6.27. The predicted octanol–water partition coefficient (Wildman–Crippen LogP) is 1.45. The first kappa shape index (κ1) is 13.5. The summed E-state index contributed by atoms with van der Waals surface area (Å²) in [5.74, 6) is 0. The minimum absolute atomic E-state index is 0.190. The molecular formula is C14H23N3O. The first-order valence-corrected chi connectivity index (χ1v) is 6.65. The third-order valence-electron chi connectivity index (χ3n) is 3.58. The molecular weight excluding hydrogens is 226 g/mol. The molecule has 0 radical (unpaired) electrons. The summed E-state index contributed by atoms with van der Waals surface area (Å²) in [4.78, 5) is 6.66. The van der Waals surface area contributed by atoms with Crippen molar-refractivity contribution in [3.8, 4) is 0 Å². The minimum Gasteiger partial charge on any atom is -0.374 e. The second-order valence-electron chi connectivity index (χ2n) is 5.05. The summed E-state index contributed by atoms with van der Waals surface area (Å²) in [5, 5.41) is 3.36. The number of likely N-dealkylation sites (N-methyl/N-ethyl adjacent to an activating group) is 1. The van der Waals surface area contributed by atoms with E-state index in [9.17, 15) is 0 Å². The Morgan fingerprint density at radius 3 is 2.94 bits per heavy atom. The van der Waals surface area contributed by atoms with Crippen LogP contribution in [0.15, 0.2) is 24.5 Å². The van der Waals surface area contributed by atoms with Crippen molar-refractivity contribution in [2.24, 2.45) is 0 Å². The third kappa shape index (κ3) is 3.07. The molecule has 1 fully saturated rings. The van der Waals surface area contributed by atoms with E-state index in [1.807, 2.05) is 19.3 Å². The Balaban J connectivity index is 2.08. The van der Waals surface area contributed by atoms with Gasteiger partial charge in [0.15, 0.2) is 0 Å². The van der Waals surface area contributed by atoms with Gasteiger partial charge < -0.3 is 10.1 Å². The number of morpholine rings is 1. The summed E-state index contributed by atoms with van der Waals surface area (Å²) in [6, 6.07) is 4.86. The molecule has 2 atom stereocenters. The van der Waals surface area contributed by atoms with Crippen molar-refractivity contribution in [2.45, 2.75) is 32.0 Å². The Morgan fingerprint density at radius 1 is 1.50 bits per heavy atom. The largest absolute Gasteiger partial charge is 0.374 e. The molecule has 100 valence electrons. The normalized spacial score (nSPS) is 23.2. The highest BCUT2D eigenvalue weighted by Gasteiger charge is 2.29. The Morgan fingerprint density at radius 2 is 2.33 bits per heavy atom. The van der Waals surface area contributed by atoms with Gasteiger partial charge in [0.1, 0.15) is 0 Å². The molecule has 0 amide bonds. The topological polar surface area (TPSA) is 37.4 Å². The second-order valence-corrected chi connectivity index (χ2v) is 5.05. The molecule has 4 heteroatoms. The first-order valence-electron chi connectivity index (χ1n) is 6.65. The van der Waals surface area contributed by atoms with Crippen LogP contribution in [0.3, 0.4) is 0 Å². The smallest absolute Gasteiger partial charge is 0.0897 e. The zero-order chi connectivity index (χ0) is 13.0. The summed E-state index contributed by atoms with van der Waals surface area (Å²) in [6.07, 6.45) is 3.91. The molecule has 1 aliphatic rings. The average molecular weight is 249 g/mol. The van der Waals surface area contributed by atoms with Crippen LogP contribution in [-0.2, 0) is 4.74 Å². The van der Waals surface area contributed by atoms with Crippen LogP contribution in [-0.4, -0.2) is 48.8 Å². The van der Waals surface area contributed by atoms with Crippen molar-refractivity contribution in [3.63, 3.8) is 0 Å². The molecule has 2 unspecified atom stereocenters. The first-order chi connectivity index (χ1) is 8.72. The number of ether oxygens (including phenoxy) is 1. The fraction of sp³-hybridized carbons (Fsp3) is 0.643. The van der Waals surface area contributed by atoms with E-state index in [1.54, 1.807) is 6.20 Å². The van der Waals surface area contributed by atoms with Gasteiger partial charge in [-0.15, -0.1) is 0 Å². The highest BCUT2D eigenvalue weighted by atomic mass is 16.5. The summed E-state index contributed by atoms with van der Waals surface area (Å²) >= 11 is 0. The highest BCUT2D eigenvalue weighted by molar-refractivity contribution is 5.16. The lowest BCUT2D eigenvalue weighted by atomic mass is 10.0. The lowest BCUT2D eigenvalue weighted by Crippen LogP contribution is -2.49. The van der Waals surface area contributed by atoms with Crippen molar-refractivity contribution in [1.29, 1.82) is 0 Å². The van der Waals surface area contributed by atoms with Crippen LogP contribution in [0.5, 0.6) is 0 Å². The van der Waals surface area contributed by atoms with E-state index in [2.05, 4.69) is 35.1 Å². The summed E-state index contributed by atoms with van der Waals surface area (Å²) in [5.41, 5.74) is 1.19. The third-order valence-corrected chi connectivity index (χ3v) is 3.58. The van der Waals surface area contributed by atoms with Crippen molar-refractivity contribution in [2.75, 3.05) is 26.7 Å². The molecule has 1 aliphatic heterocycles. The molecule has 2 rings (SSSR count). The molecule has 0 bridgehead atoms. The zero-order valence-corrected chi connectivity index (χ0v) is 11.5. The fourth-order valence-corrected chi connectivity index (χ4v) is 2.49. The summed E-state index contributed by atoms with van der Waals surface area (Å²) in [6.45, 7) is 7.28. The van der Waals surface area contributed by atoms with E-state index in [-0.39, 0.29) is 12.1 Å². The van der Waals surface area contributed by atoms with Crippen molar-refractivity contribution >= 4 is 0 Å². The van der Waals surface area contributed by atoms with Gasteiger partial charge in [-0.1, -0.05) is 6.07 Å². The van der Waals surface area contributed by atoms with Gasteiger partial charge in [0.25, 0.3) is 0 Å². The maximum absolute atomic E-state index is 5.93. The number of pyridine rings is 1. The average Bonchev–Trinajstić information content (AvgIpc) is 2.41. The Kier molecular flexibility index (Phi) is 4.69. The van der Waals surface area contributed by atoms with Crippen LogP contribution < -0.4 is 5.32 Å². The quantitative estimate of drug-likeness (QED) is 0.876. The molecule has 1 aromatic heterocycles. The number of aromatic nitrogens is 1. The van der Waals surface area contributed by atoms with Crippen LogP contribution in [0.25, 0.3) is 0 Å². The van der Waals surface area contributed by atoms with Crippen LogP contribution in [0.2, 0.25) is 0 Å². The minimum atomic E-state index is 0.190. The maximum atomic E-state index is 5.93. The van der Waals surface area contributed by atoms with Crippen molar-refractivity contribution < 1.29 is 4.74 Å². The molecule has 0 saturated carbocycles. The molecule has 4 nitrogen and oxygen atoms in total. The van der Waals surface area contributed by atoms with Crippen LogP contribution in [0, 0.1) is 0 Å². The zero-order valence-electron chi connectivity index (χ0n) is 11.5. The Labute approximate surface area is 109 Å². The van der Waals surface area contributed by atoms with Gasteiger partial charge in [0.2, 0.25) is 0 Å². The van der Waals surface area contributed by atoms with E-state index < -0.39 is 0 Å². The maximum Gasteiger partial charge on any atom is 0.0897 e. The van der Waals surface area contributed by atoms with E-state index in [1.165, 1.54) is 5.56 Å². The van der Waals surface area contributed by atoms with Gasteiger partial charge in [-0.05, 0) is 32.5 Å². The SMILES string of the molecule is CNC(c1cccnc1)C1CN(C(C)C)CCO1. The standard InChI is InChI=1S/C14H23N3O/c1-11(2)17-7-8-18-13(10-17)14(15-3)12-5-4-6-16-9-12/h4-6,9,11,13-15H,7-8,10H2,1-3H3. The van der Waals surface area contributed by atoms with Crippen molar-refractivity contribution in [3.05, 3.63) is 30.1 Å². The molecule has 18 heavy (non-hydrogen) atoms. The van der Waals surface area contributed by atoms with E-state index in [0.717, 1.165) is 19.7 Å². The number of hydrogen-bond donors (Lipinski definition) is 1. The van der Waals surface area contributed by atoms with Gasteiger partial charge in [-0.3, -0.25) is 9.88 Å². The number of nitrogens with zero attached hydrogens (tertiary/aromatic N) is 2. The van der Waals surface area contributed by atoms with E-state index >= 15 is 0 Å². The summed E-state index contributed by atoms with van der Waals surface area (Å²) < 4.78 is 5.93. The molecule has 2 heterocycles. The van der Waals surface area contributed by atoms with Crippen LogP contribution in [0.4, 0.5) is 0 Å². The summed E-state index contributed by atoms with van der Waals surface area (Å²) in [7, 11) is 1.98. The lowest BCUT2D eigenvalue weighted by Gasteiger charge is -2.38. The molecule has 0 spiro atoms. The fourth-order valence-electron chi connectivity index (χ4n) is 2.49. The van der Waals surface area contributed by atoms with Gasteiger partial charge in [-0.25, -0.2) is 0 Å². The number of rotatable bonds is 4. The van der Waals surface area contributed by atoms with Gasteiger partial charge in [0.05, 0.1) is 18.8 Å². The van der Waals surface area contributed by atoms with Gasteiger partial charge in [-0.2, -0.15) is 0 Å². The van der Waals surface area contributed by atoms with Crippen LogP contribution >= 0.6 is 0 Å². The van der Waals surface area contributed by atoms with Gasteiger partial charge in [0, 0.05) is 31.5 Å². The predicted molar refractivity (Wildman–Crippen MR) is 72.5 cm³/mol. The molecule has 1 N–H and O–H groups in total. The van der Waals surface area contributed by atoms with E-state index in [0.29, 0.717) is 6.04 Å². The highest BCUT2D eigenvalue weighted by Crippen LogP contribution is 2.22. The molecule has 1 saturated heterocycles. The Bertz CT molecular complexity index is 355.